The van der Waals surface area contributed by atoms with Gasteiger partial charge in [0.05, 0.1) is 19.1 Å². The van der Waals surface area contributed by atoms with E-state index in [-0.39, 0.29) is 11.8 Å². The summed E-state index contributed by atoms with van der Waals surface area (Å²) < 4.78 is 5.33. The quantitative estimate of drug-likeness (QED) is 0.646. The van der Waals surface area contributed by atoms with Crippen LogP contribution in [0.1, 0.15) is 25.7 Å². The Hall–Kier alpha value is -1.67. The molecule has 3 rings (SSSR count). The number of amides is 3. The summed E-state index contributed by atoms with van der Waals surface area (Å²) in [6.07, 6.45) is 3.64. The first-order valence-corrected chi connectivity index (χ1v) is 9.25. The zero-order chi connectivity index (χ0) is 17.8. The van der Waals surface area contributed by atoms with Crippen LogP contribution in [-0.2, 0) is 19.1 Å². The third-order valence-corrected chi connectivity index (χ3v) is 5.60. The largest absolute Gasteiger partial charge is 0.378 e. The summed E-state index contributed by atoms with van der Waals surface area (Å²) in [5.41, 5.74) is 5.08. The van der Waals surface area contributed by atoms with E-state index in [0.29, 0.717) is 45.4 Å². The van der Waals surface area contributed by atoms with Crippen LogP contribution >= 0.6 is 0 Å². The van der Waals surface area contributed by atoms with Crippen LogP contribution in [-0.4, -0.2) is 90.9 Å². The summed E-state index contributed by atoms with van der Waals surface area (Å²) in [5, 5.41) is 0. The first kappa shape index (κ1) is 18.1. The topological polar surface area (TPSA) is 96.2 Å². The van der Waals surface area contributed by atoms with Gasteiger partial charge in [0.2, 0.25) is 5.91 Å². The Kier molecular flexibility index (Phi) is 5.90. The fraction of sp³-hybridized carbons (Fsp3) is 0.824. The predicted octanol–water partition coefficient (Wildman–Crippen LogP) is -0.966. The molecule has 3 aliphatic rings. The fourth-order valence-electron chi connectivity index (χ4n) is 4.17. The number of primary amides is 1. The number of rotatable bonds is 2. The van der Waals surface area contributed by atoms with Gasteiger partial charge in [-0.05, 0) is 32.2 Å². The Bertz CT molecular complexity index is 513. The van der Waals surface area contributed by atoms with Crippen molar-refractivity contribution < 1.29 is 19.1 Å². The molecule has 0 spiro atoms. The molecule has 140 valence electrons. The zero-order valence-electron chi connectivity index (χ0n) is 14.7. The number of hydrogen-bond donors (Lipinski definition) is 1. The number of carbonyl (C=O) groups excluding carboxylic acids is 3. The Balaban J connectivity index is 1.51. The molecule has 25 heavy (non-hydrogen) atoms. The van der Waals surface area contributed by atoms with Crippen molar-refractivity contribution in [3.63, 3.8) is 0 Å². The van der Waals surface area contributed by atoms with Crippen molar-refractivity contribution in [3.05, 3.63) is 0 Å². The van der Waals surface area contributed by atoms with E-state index in [1.165, 1.54) is 0 Å². The van der Waals surface area contributed by atoms with Crippen molar-refractivity contribution in [1.29, 1.82) is 0 Å². The summed E-state index contributed by atoms with van der Waals surface area (Å²) >= 11 is 0. The number of carbonyl (C=O) groups is 3. The molecule has 0 aromatic carbocycles. The van der Waals surface area contributed by atoms with Crippen molar-refractivity contribution in [2.24, 2.45) is 11.7 Å². The lowest BCUT2D eigenvalue weighted by atomic mass is 9.92. The van der Waals surface area contributed by atoms with Crippen molar-refractivity contribution in [2.45, 2.75) is 31.7 Å². The molecule has 8 nitrogen and oxygen atoms in total. The van der Waals surface area contributed by atoms with E-state index in [1.54, 1.807) is 4.90 Å². The number of piperidine rings is 2. The van der Waals surface area contributed by atoms with Crippen LogP contribution in [0.2, 0.25) is 0 Å². The van der Waals surface area contributed by atoms with Gasteiger partial charge < -0.3 is 20.3 Å². The van der Waals surface area contributed by atoms with Gasteiger partial charge in [-0.1, -0.05) is 0 Å². The Morgan fingerprint density at radius 3 is 2.20 bits per heavy atom. The molecular weight excluding hydrogens is 324 g/mol. The monoisotopic (exact) mass is 352 g/mol. The van der Waals surface area contributed by atoms with Gasteiger partial charge in [0, 0.05) is 38.8 Å². The van der Waals surface area contributed by atoms with Gasteiger partial charge in [-0.3, -0.25) is 19.3 Å². The predicted molar refractivity (Wildman–Crippen MR) is 90.5 cm³/mol. The lowest BCUT2D eigenvalue weighted by Gasteiger charge is -2.42. The molecule has 3 fully saturated rings. The second-order valence-electron chi connectivity index (χ2n) is 7.16. The molecule has 0 radical (unpaired) electrons. The average molecular weight is 352 g/mol. The maximum Gasteiger partial charge on any atom is 0.311 e. The molecule has 2 N–H and O–H groups in total. The lowest BCUT2D eigenvalue weighted by Crippen LogP contribution is -2.53. The lowest BCUT2D eigenvalue weighted by molar-refractivity contribution is -0.145. The smallest absolute Gasteiger partial charge is 0.311 e. The number of likely N-dealkylation sites (tertiary alicyclic amines) is 2. The Labute approximate surface area is 148 Å². The number of nitrogens with two attached hydrogens (primary N) is 1. The van der Waals surface area contributed by atoms with E-state index in [9.17, 15) is 14.4 Å². The second-order valence-corrected chi connectivity index (χ2v) is 7.16. The van der Waals surface area contributed by atoms with Crippen molar-refractivity contribution >= 4 is 17.7 Å². The molecule has 0 aromatic rings. The maximum absolute atomic E-state index is 12.7. The van der Waals surface area contributed by atoms with Crippen molar-refractivity contribution in [2.75, 3.05) is 52.5 Å². The zero-order valence-corrected chi connectivity index (χ0v) is 14.7. The van der Waals surface area contributed by atoms with Crippen LogP contribution in [0.15, 0.2) is 0 Å². The minimum Gasteiger partial charge on any atom is -0.378 e. The molecule has 0 unspecified atom stereocenters. The molecule has 0 saturated carbocycles. The highest BCUT2D eigenvalue weighted by atomic mass is 16.5. The van der Waals surface area contributed by atoms with Gasteiger partial charge in [0.1, 0.15) is 0 Å². The Morgan fingerprint density at radius 1 is 0.880 bits per heavy atom. The first-order chi connectivity index (χ1) is 12.1. The van der Waals surface area contributed by atoms with Crippen molar-refractivity contribution in [1.82, 2.24) is 14.7 Å². The molecular formula is C17H28N4O4. The molecule has 3 aliphatic heterocycles. The summed E-state index contributed by atoms with van der Waals surface area (Å²) in [5.74, 6) is -1.14. The molecule has 0 aliphatic carbocycles. The summed E-state index contributed by atoms with van der Waals surface area (Å²) in [4.78, 5) is 41.3. The minimum absolute atomic E-state index is 0.0668. The standard InChI is InChI=1S/C17H28N4O4/c18-15(22)17(24)19-6-3-14(4-7-19)21-5-1-2-13(12-21)16(23)20-8-10-25-11-9-20/h13-14H,1-12H2,(H2,18,22)/t13-/m0/s1. The van der Waals surface area contributed by atoms with Gasteiger partial charge >= 0.3 is 11.8 Å². The summed E-state index contributed by atoms with van der Waals surface area (Å²) in [6, 6.07) is 0.372. The van der Waals surface area contributed by atoms with Gasteiger partial charge in [-0.25, -0.2) is 0 Å². The van der Waals surface area contributed by atoms with Gasteiger partial charge in [0.25, 0.3) is 0 Å². The van der Waals surface area contributed by atoms with E-state index in [1.807, 2.05) is 4.90 Å². The molecule has 0 aromatic heterocycles. The third kappa shape index (κ3) is 4.30. The second kappa shape index (κ2) is 8.14. The van der Waals surface area contributed by atoms with Crippen LogP contribution in [0.25, 0.3) is 0 Å². The normalized spacial score (nSPS) is 26.5. The minimum atomic E-state index is -0.882. The number of nitrogens with zero attached hydrogens (tertiary/aromatic N) is 3. The molecule has 0 bridgehead atoms. The van der Waals surface area contributed by atoms with Gasteiger partial charge in [-0.15, -0.1) is 0 Å². The van der Waals surface area contributed by atoms with Crippen LogP contribution in [0.5, 0.6) is 0 Å². The molecule has 1 atom stereocenters. The number of morpholine rings is 1. The highest BCUT2D eigenvalue weighted by Crippen LogP contribution is 2.25. The third-order valence-electron chi connectivity index (χ3n) is 5.60. The van der Waals surface area contributed by atoms with Gasteiger partial charge in [-0.2, -0.15) is 0 Å². The van der Waals surface area contributed by atoms with Crippen LogP contribution < -0.4 is 5.73 Å². The highest BCUT2D eigenvalue weighted by molar-refractivity contribution is 6.34. The van der Waals surface area contributed by atoms with Crippen molar-refractivity contribution in [3.8, 4) is 0 Å². The van der Waals surface area contributed by atoms with E-state index in [0.717, 1.165) is 38.8 Å². The Morgan fingerprint density at radius 2 is 1.56 bits per heavy atom. The highest BCUT2D eigenvalue weighted by Gasteiger charge is 2.34. The number of hydrogen-bond acceptors (Lipinski definition) is 5. The van der Waals surface area contributed by atoms with E-state index >= 15 is 0 Å². The van der Waals surface area contributed by atoms with E-state index in [4.69, 9.17) is 10.5 Å². The van der Waals surface area contributed by atoms with Gasteiger partial charge in [0.15, 0.2) is 0 Å². The van der Waals surface area contributed by atoms with Crippen LogP contribution in [0.3, 0.4) is 0 Å². The molecule has 3 amide bonds. The maximum atomic E-state index is 12.7. The molecule has 8 heteroatoms. The molecule has 3 heterocycles. The SMILES string of the molecule is NC(=O)C(=O)N1CCC(N2CCC[C@H](C(=O)N3CCOCC3)C2)CC1. The summed E-state index contributed by atoms with van der Waals surface area (Å²) in [6.45, 7) is 5.58. The summed E-state index contributed by atoms with van der Waals surface area (Å²) in [7, 11) is 0. The van der Waals surface area contributed by atoms with E-state index < -0.39 is 11.8 Å². The first-order valence-electron chi connectivity index (χ1n) is 9.25. The molecule has 3 saturated heterocycles. The van der Waals surface area contributed by atoms with Crippen LogP contribution in [0.4, 0.5) is 0 Å². The van der Waals surface area contributed by atoms with Crippen LogP contribution in [0, 0.1) is 5.92 Å². The fourth-order valence-corrected chi connectivity index (χ4v) is 4.17. The number of ether oxygens (including phenoxy) is 1. The average Bonchev–Trinajstić information content (AvgIpc) is 2.67. The van der Waals surface area contributed by atoms with E-state index in [2.05, 4.69) is 4.90 Å².